The first-order valence-corrected chi connectivity index (χ1v) is 7.01. The highest BCUT2D eigenvalue weighted by molar-refractivity contribution is 14.1. The molecule has 94 valence electrons. The second-order valence-electron chi connectivity index (χ2n) is 3.81. The number of benzene rings is 2. The fourth-order valence-corrected chi connectivity index (χ4v) is 2.72. The third kappa shape index (κ3) is 2.89. The van der Waals surface area contributed by atoms with Crippen molar-refractivity contribution in [1.82, 2.24) is 0 Å². The second-order valence-corrected chi connectivity index (χ2v) is 5.89. The van der Waals surface area contributed by atoms with Crippen molar-refractivity contribution in [3.05, 3.63) is 67.2 Å². The maximum atomic E-state index is 13.7. The predicted octanol–water partition coefficient (Wildman–Crippen LogP) is 4.38. The minimum absolute atomic E-state index is 0.285. The molecular weight excluding hydrogens is 415 g/mol. The number of halogens is 4. The smallest absolute Gasteiger partial charge is 0.131 e. The predicted molar refractivity (Wildman–Crippen MR) is 79.2 cm³/mol. The molecule has 0 amide bonds. The van der Waals surface area contributed by atoms with E-state index >= 15 is 0 Å². The molecule has 0 heterocycles. The zero-order chi connectivity index (χ0) is 13.3. The average molecular weight is 424 g/mol. The monoisotopic (exact) mass is 423 g/mol. The number of hydrogen-bond acceptors (Lipinski definition) is 1. The lowest BCUT2D eigenvalue weighted by molar-refractivity contribution is 0.565. The van der Waals surface area contributed by atoms with Crippen LogP contribution in [0.4, 0.5) is 8.78 Å². The largest absolute Gasteiger partial charge is 0.320 e. The molecule has 2 N–H and O–H groups in total. The molecule has 1 nitrogen and oxygen atoms in total. The third-order valence-electron chi connectivity index (χ3n) is 2.59. The Morgan fingerprint density at radius 2 is 1.78 bits per heavy atom. The van der Waals surface area contributed by atoms with Gasteiger partial charge < -0.3 is 5.73 Å². The van der Waals surface area contributed by atoms with Gasteiger partial charge in [0.2, 0.25) is 0 Å². The summed E-state index contributed by atoms with van der Waals surface area (Å²) < 4.78 is 28.4. The molecule has 0 aliphatic carbocycles. The van der Waals surface area contributed by atoms with Gasteiger partial charge in [-0.15, -0.1) is 0 Å². The molecule has 2 aromatic rings. The molecule has 0 saturated heterocycles. The van der Waals surface area contributed by atoms with E-state index in [1.807, 2.05) is 18.2 Å². The first-order chi connectivity index (χ1) is 8.49. The van der Waals surface area contributed by atoms with Crippen molar-refractivity contribution < 1.29 is 8.78 Å². The van der Waals surface area contributed by atoms with Crippen molar-refractivity contribution in [2.45, 2.75) is 6.04 Å². The van der Waals surface area contributed by atoms with E-state index in [0.29, 0.717) is 0 Å². The zero-order valence-electron chi connectivity index (χ0n) is 9.13. The van der Waals surface area contributed by atoms with Gasteiger partial charge >= 0.3 is 0 Å². The molecule has 2 aromatic carbocycles. The van der Waals surface area contributed by atoms with Gasteiger partial charge in [0.15, 0.2) is 0 Å². The first kappa shape index (κ1) is 13.9. The molecule has 1 atom stereocenters. The van der Waals surface area contributed by atoms with E-state index < -0.39 is 17.7 Å². The van der Waals surface area contributed by atoms with E-state index in [9.17, 15) is 8.78 Å². The number of nitrogens with two attached hydrogens (primary N) is 1. The molecular formula is C13H9BrF2IN. The highest BCUT2D eigenvalue weighted by Gasteiger charge is 2.16. The minimum atomic E-state index is -0.627. The Morgan fingerprint density at radius 3 is 2.44 bits per heavy atom. The van der Waals surface area contributed by atoms with Crippen LogP contribution in [0.3, 0.4) is 0 Å². The second kappa shape index (κ2) is 5.63. The van der Waals surface area contributed by atoms with E-state index in [2.05, 4.69) is 38.5 Å². The molecule has 0 aliphatic heterocycles. The van der Waals surface area contributed by atoms with Crippen molar-refractivity contribution >= 4 is 38.5 Å². The van der Waals surface area contributed by atoms with Gasteiger partial charge in [-0.1, -0.05) is 22.0 Å². The molecule has 0 aliphatic rings. The highest BCUT2D eigenvalue weighted by Crippen LogP contribution is 2.28. The van der Waals surface area contributed by atoms with Crippen LogP contribution in [0.1, 0.15) is 17.2 Å². The molecule has 1 unspecified atom stereocenters. The van der Waals surface area contributed by atoms with Gasteiger partial charge in [-0.25, -0.2) is 8.78 Å². The Kier molecular flexibility index (Phi) is 4.34. The van der Waals surface area contributed by atoms with Crippen LogP contribution in [0.15, 0.2) is 40.9 Å². The Labute approximate surface area is 126 Å². The van der Waals surface area contributed by atoms with Gasteiger partial charge in [-0.2, -0.15) is 0 Å². The molecule has 0 spiro atoms. The van der Waals surface area contributed by atoms with E-state index in [-0.39, 0.29) is 5.56 Å². The first-order valence-electron chi connectivity index (χ1n) is 5.14. The molecule has 0 radical (unpaired) electrons. The third-order valence-corrected chi connectivity index (χ3v) is 4.07. The highest BCUT2D eigenvalue weighted by atomic mass is 127. The van der Waals surface area contributed by atoms with Crippen LogP contribution in [0.2, 0.25) is 0 Å². The summed E-state index contributed by atoms with van der Waals surface area (Å²) in [7, 11) is 0. The van der Waals surface area contributed by atoms with Gasteiger partial charge in [-0.3, -0.25) is 0 Å². The van der Waals surface area contributed by atoms with Crippen LogP contribution in [0.25, 0.3) is 0 Å². The van der Waals surface area contributed by atoms with Gasteiger partial charge in [0.05, 0.1) is 6.04 Å². The lowest BCUT2D eigenvalue weighted by atomic mass is 9.99. The van der Waals surface area contributed by atoms with Gasteiger partial charge in [0.25, 0.3) is 0 Å². The summed E-state index contributed by atoms with van der Waals surface area (Å²) in [6.45, 7) is 0. The van der Waals surface area contributed by atoms with Crippen LogP contribution in [0.5, 0.6) is 0 Å². The van der Waals surface area contributed by atoms with Gasteiger partial charge in [-0.05, 0) is 52.4 Å². The lowest BCUT2D eigenvalue weighted by Crippen LogP contribution is -2.15. The maximum absolute atomic E-state index is 13.7. The van der Waals surface area contributed by atoms with E-state index in [0.717, 1.165) is 19.7 Å². The van der Waals surface area contributed by atoms with Crippen molar-refractivity contribution in [2.75, 3.05) is 0 Å². The molecule has 0 aromatic heterocycles. The van der Waals surface area contributed by atoms with Crippen molar-refractivity contribution in [3.8, 4) is 0 Å². The summed E-state index contributed by atoms with van der Waals surface area (Å²) in [5, 5.41) is 0. The Morgan fingerprint density at radius 1 is 1.06 bits per heavy atom. The van der Waals surface area contributed by atoms with Crippen LogP contribution >= 0.6 is 38.5 Å². The van der Waals surface area contributed by atoms with E-state index in [1.54, 1.807) is 0 Å². The molecule has 0 saturated carbocycles. The molecule has 18 heavy (non-hydrogen) atoms. The summed E-state index contributed by atoms with van der Waals surface area (Å²) in [5.41, 5.74) is 7.13. The average Bonchev–Trinajstić information content (AvgIpc) is 2.31. The number of hydrogen-bond donors (Lipinski definition) is 1. The lowest BCUT2D eigenvalue weighted by Gasteiger charge is -2.15. The standard InChI is InChI=1S/C13H9BrF2IN/c14-7-1-4-12(17)10(5-7)13(18)9-3-2-8(15)6-11(9)16/h1-6,13H,18H2. The summed E-state index contributed by atoms with van der Waals surface area (Å²) in [6, 6.07) is 8.44. The zero-order valence-corrected chi connectivity index (χ0v) is 12.9. The molecule has 0 fully saturated rings. The Hall–Kier alpha value is -0.530. The fraction of sp³-hybridized carbons (Fsp3) is 0.0769. The summed E-state index contributed by atoms with van der Waals surface area (Å²) in [5.74, 6) is -1.23. The number of rotatable bonds is 2. The summed E-state index contributed by atoms with van der Waals surface area (Å²) in [6.07, 6.45) is 0. The van der Waals surface area contributed by atoms with Crippen LogP contribution in [-0.2, 0) is 0 Å². The molecule has 5 heteroatoms. The van der Waals surface area contributed by atoms with E-state index in [1.165, 1.54) is 12.1 Å². The van der Waals surface area contributed by atoms with Crippen LogP contribution < -0.4 is 5.73 Å². The summed E-state index contributed by atoms with van der Waals surface area (Å²) >= 11 is 5.49. The van der Waals surface area contributed by atoms with Crippen molar-refractivity contribution in [2.24, 2.45) is 5.73 Å². The quantitative estimate of drug-likeness (QED) is 0.712. The molecule has 2 rings (SSSR count). The van der Waals surface area contributed by atoms with Gasteiger partial charge in [0, 0.05) is 19.7 Å². The SMILES string of the molecule is NC(c1ccc(F)cc1F)c1cc(Br)ccc1I. The fourth-order valence-electron chi connectivity index (χ4n) is 1.67. The van der Waals surface area contributed by atoms with Crippen LogP contribution in [0, 0.1) is 15.2 Å². The van der Waals surface area contributed by atoms with E-state index in [4.69, 9.17) is 5.73 Å². The van der Waals surface area contributed by atoms with Crippen molar-refractivity contribution in [1.29, 1.82) is 0 Å². The normalized spacial score (nSPS) is 12.5. The van der Waals surface area contributed by atoms with Crippen molar-refractivity contribution in [3.63, 3.8) is 0 Å². The topological polar surface area (TPSA) is 26.0 Å². The van der Waals surface area contributed by atoms with Crippen LogP contribution in [-0.4, -0.2) is 0 Å². The minimum Gasteiger partial charge on any atom is -0.320 e. The Balaban J connectivity index is 2.47. The summed E-state index contributed by atoms with van der Waals surface area (Å²) in [4.78, 5) is 0. The van der Waals surface area contributed by atoms with Gasteiger partial charge in [0.1, 0.15) is 11.6 Å². The Bertz CT molecular complexity index is 589. The maximum Gasteiger partial charge on any atom is 0.131 e. The molecule has 0 bridgehead atoms.